The van der Waals surface area contributed by atoms with E-state index in [2.05, 4.69) is 52.7 Å². The number of aromatic nitrogens is 1. The number of benzene rings is 2. The van der Waals surface area contributed by atoms with Gasteiger partial charge in [-0.3, -0.25) is 4.79 Å². The maximum Gasteiger partial charge on any atom is 0.240 e. The van der Waals surface area contributed by atoms with Crippen LogP contribution in [0.5, 0.6) is 0 Å². The van der Waals surface area contributed by atoms with Gasteiger partial charge in [-0.15, -0.1) is 0 Å². The molecule has 4 rings (SSSR count). The lowest BCUT2D eigenvalue weighted by molar-refractivity contribution is -0.121. The van der Waals surface area contributed by atoms with Crippen LogP contribution in [0.3, 0.4) is 0 Å². The lowest BCUT2D eigenvalue weighted by Gasteiger charge is -2.27. The number of fused-ring (bicyclic) bond motifs is 1. The summed E-state index contributed by atoms with van der Waals surface area (Å²) in [6.45, 7) is 2.13. The first-order valence-electron chi connectivity index (χ1n) is 8.93. The van der Waals surface area contributed by atoms with E-state index in [1.165, 1.54) is 17.5 Å². The first-order valence-corrected chi connectivity index (χ1v) is 8.93. The molecule has 1 atom stereocenters. The fourth-order valence-electron chi connectivity index (χ4n) is 3.73. The zero-order valence-electron chi connectivity index (χ0n) is 14.3. The summed E-state index contributed by atoms with van der Waals surface area (Å²) in [5.41, 5.74) is 2.35. The predicted octanol–water partition coefficient (Wildman–Crippen LogP) is 3.43. The Balaban J connectivity index is 1.37. The van der Waals surface area contributed by atoms with Crippen LogP contribution in [0.4, 0.5) is 5.69 Å². The predicted molar refractivity (Wildman–Crippen MR) is 102 cm³/mol. The summed E-state index contributed by atoms with van der Waals surface area (Å²) in [5, 5.41) is 4.29. The molecule has 4 heteroatoms. The Labute approximate surface area is 148 Å². The molecule has 0 radical (unpaired) electrons. The molecule has 0 unspecified atom stereocenters. The van der Waals surface area contributed by atoms with E-state index < -0.39 is 0 Å². The number of hydrogen-bond acceptors (Lipinski definition) is 2. The Hall–Kier alpha value is -2.75. The molecule has 25 heavy (non-hydrogen) atoms. The zero-order valence-corrected chi connectivity index (χ0v) is 14.3. The number of carbonyl (C=O) groups excluding carboxylic acids is 1. The molecule has 1 aliphatic heterocycles. The van der Waals surface area contributed by atoms with E-state index in [0.717, 1.165) is 18.5 Å². The fourth-order valence-corrected chi connectivity index (χ4v) is 3.73. The molecule has 2 aromatic carbocycles. The molecule has 0 saturated carbocycles. The van der Waals surface area contributed by atoms with Crippen molar-refractivity contribution in [2.75, 3.05) is 18.0 Å². The molecule has 1 fully saturated rings. The Morgan fingerprint density at radius 2 is 1.84 bits per heavy atom. The van der Waals surface area contributed by atoms with Crippen molar-refractivity contribution in [3.8, 4) is 0 Å². The topological polar surface area (TPSA) is 37.3 Å². The van der Waals surface area contributed by atoms with Gasteiger partial charge in [0, 0.05) is 36.5 Å². The third-order valence-corrected chi connectivity index (χ3v) is 4.99. The summed E-state index contributed by atoms with van der Waals surface area (Å²) in [7, 11) is 0. The van der Waals surface area contributed by atoms with Gasteiger partial charge < -0.3 is 14.8 Å². The number of amides is 1. The average molecular weight is 333 g/mol. The van der Waals surface area contributed by atoms with E-state index in [-0.39, 0.29) is 5.91 Å². The third kappa shape index (κ3) is 3.38. The molecule has 1 saturated heterocycles. The maximum atomic E-state index is 12.4. The van der Waals surface area contributed by atoms with Gasteiger partial charge in [0.15, 0.2) is 0 Å². The largest absolute Gasteiger partial charge is 0.367 e. The third-order valence-electron chi connectivity index (χ3n) is 4.99. The Morgan fingerprint density at radius 3 is 2.72 bits per heavy atom. The summed E-state index contributed by atoms with van der Waals surface area (Å²) in [5.74, 6) is 0.0706. The fraction of sp³-hybridized carbons (Fsp3) is 0.286. The minimum Gasteiger partial charge on any atom is -0.367 e. The summed E-state index contributed by atoms with van der Waals surface area (Å²) in [6.07, 6.45) is 4.29. The normalized spacial score (nSPS) is 17.1. The molecule has 1 N–H and O–H groups in total. The summed E-state index contributed by atoms with van der Waals surface area (Å²) in [6, 6.07) is 21.1. The zero-order chi connectivity index (χ0) is 17.1. The number of para-hydroxylation sites is 2. The van der Waals surface area contributed by atoms with Gasteiger partial charge in [-0.1, -0.05) is 36.4 Å². The lowest BCUT2D eigenvalue weighted by Crippen LogP contribution is -2.41. The van der Waals surface area contributed by atoms with Crippen LogP contribution >= 0.6 is 0 Å². The summed E-state index contributed by atoms with van der Waals surface area (Å²) < 4.78 is 2.01. The molecule has 2 heterocycles. The highest BCUT2D eigenvalue weighted by Crippen LogP contribution is 2.24. The van der Waals surface area contributed by atoms with E-state index >= 15 is 0 Å². The molecule has 0 bridgehead atoms. The molecule has 0 spiro atoms. The Bertz CT molecular complexity index is 856. The highest BCUT2D eigenvalue weighted by molar-refractivity contribution is 5.83. The van der Waals surface area contributed by atoms with Crippen molar-refractivity contribution < 1.29 is 4.79 Å². The number of rotatable bonds is 5. The summed E-state index contributed by atoms with van der Waals surface area (Å²) in [4.78, 5) is 14.8. The highest BCUT2D eigenvalue weighted by Gasteiger charge is 2.24. The minimum absolute atomic E-state index is 0.0706. The molecule has 128 valence electrons. The smallest absolute Gasteiger partial charge is 0.240 e. The average Bonchev–Trinajstić information content (AvgIpc) is 3.28. The monoisotopic (exact) mass is 333 g/mol. The van der Waals surface area contributed by atoms with Crippen LogP contribution < -0.4 is 10.2 Å². The number of anilines is 1. The van der Waals surface area contributed by atoms with Crippen LogP contribution in [0, 0.1) is 0 Å². The Morgan fingerprint density at radius 1 is 1.04 bits per heavy atom. The second-order valence-electron chi connectivity index (χ2n) is 6.63. The first kappa shape index (κ1) is 15.8. The molecule has 1 aromatic heterocycles. The van der Waals surface area contributed by atoms with Crippen molar-refractivity contribution in [1.82, 2.24) is 9.88 Å². The molecular formula is C21H23N3O. The Kier molecular flexibility index (Phi) is 4.42. The second-order valence-corrected chi connectivity index (χ2v) is 6.63. The van der Waals surface area contributed by atoms with Gasteiger partial charge in [-0.2, -0.15) is 0 Å². The SMILES string of the molecule is O=C(Cn1ccc2ccccc21)NC[C@@H]1CCCN1c1ccccc1. The van der Waals surface area contributed by atoms with Crippen LogP contribution in [0.15, 0.2) is 66.9 Å². The maximum absolute atomic E-state index is 12.4. The van der Waals surface area contributed by atoms with Gasteiger partial charge in [-0.25, -0.2) is 0 Å². The van der Waals surface area contributed by atoms with Gasteiger partial charge in [0.25, 0.3) is 0 Å². The van der Waals surface area contributed by atoms with E-state index in [0.29, 0.717) is 19.1 Å². The van der Waals surface area contributed by atoms with E-state index in [1.807, 2.05) is 29.0 Å². The summed E-state index contributed by atoms with van der Waals surface area (Å²) >= 11 is 0. The van der Waals surface area contributed by atoms with Gasteiger partial charge >= 0.3 is 0 Å². The lowest BCUT2D eigenvalue weighted by atomic mass is 10.2. The molecule has 1 aliphatic rings. The first-order chi connectivity index (χ1) is 12.3. The quantitative estimate of drug-likeness (QED) is 0.777. The molecule has 0 aliphatic carbocycles. The van der Waals surface area contributed by atoms with Gasteiger partial charge in [0.2, 0.25) is 5.91 Å². The standard InChI is InChI=1S/C21H23N3O/c25-21(16-23-14-12-17-7-4-5-11-20(17)23)22-15-19-10-6-13-24(19)18-8-2-1-3-9-18/h1-5,7-9,11-12,14,19H,6,10,13,15-16H2,(H,22,25)/t19-/m0/s1. The minimum atomic E-state index is 0.0706. The van der Waals surface area contributed by atoms with Crippen molar-refractivity contribution >= 4 is 22.5 Å². The number of nitrogens with zero attached hydrogens (tertiary/aromatic N) is 2. The van der Waals surface area contributed by atoms with Gasteiger partial charge in [0.05, 0.1) is 0 Å². The van der Waals surface area contributed by atoms with Crippen LogP contribution in [-0.2, 0) is 11.3 Å². The van der Waals surface area contributed by atoms with E-state index in [1.54, 1.807) is 0 Å². The molecule has 1 amide bonds. The molecular weight excluding hydrogens is 310 g/mol. The van der Waals surface area contributed by atoms with Crippen molar-refractivity contribution in [2.45, 2.75) is 25.4 Å². The van der Waals surface area contributed by atoms with Crippen LogP contribution in [0.2, 0.25) is 0 Å². The van der Waals surface area contributed by atoms with Crippen LogP contribution in [-0.4, -0.2) is 29.6 Å². The number of carbonyl (C=O) groups is 1. The van der Waals surface area contributed by atoms with Crippen molar-refractivity contribution in [2.24, 2.45) is 0 Å². The van der Waals surface area contributed by atoms with E-state index in [4.69, 9.17) is 0 Å². The molecule has 3 aromatic rings. The van der Waals surface area contributed by atoms with Crippen molar-refractivity contribution in [3.05, 3.63) is 66.9 Å². The van der Waals surface area contributed by atoms with Crippen molar-refractivity contribution in [3.63, 3.8) is 0 Å². The number of nitrogens with one attached hydrogen (secondary N) is 1. The van der Waals surface area contributed by atoms with Crippen molar-refractivity contribution in [1.29, 1.82) is 0 Å². The highest BCUT2D eigenvalue weighted by atomic mass is 16.1. The molecule has 4 nitrogen and oxygen atoms in total. The second kappa shape index (κ2) is 7.01. The van der Waals surface area contributed by atoms with Crippen LogP contribution in [0.25, 0.3) is 10.9 Å². The van der Waals surface area contributed by atoms with E-state index in [9.17, 15) is 4.79 Å². The van der Waals surface area contributed by atoms with Gasteiger partial charge in [-0.05, 0) is 42.5 Å². The van der Waals surface area contributed by atoms with Gasteiger partial charge in [0.1, 0.15) is 6.54 Å². The number of hydrogen-bond donors (Lipinski definition) is 1. The van der Waals surface area contributed by atoms with Crippen LogP contribution in [0.1, 0.15) is 12.8 Å².